The predicted molar refractivity (Wildman–Crippen MR) is 200 cm³/mol. The number of aromatic nitrogens is 1. The SMILES string of the molecule is CCOC(=O)C(C)(C)Cc1c(SC(C)(C)C)c2cc(OC(C(=O)[C@H]3CC3c3ccccc3)C3CCCN3)ccc2n1Cc1ccc(Cl)cc1. The maximum atomic E-state index is 14.1. The Morgan fingerprint density at radius 3 is 2.41 bits per heavy atom. The molecule has 1 saturated heterocycles. The number of nitrogens with zero attached hydrogens (tertiary/aromatic N) is 1. The molecule has 2 aliphatic rings. The van der Waals surface area contributed by atoms with E-state index in [0.717, 1.165) is 52.9 Å². The van der Waals surface area contributed by atoms with E-state index < -0.39 is 11.5 Å². The molecule has 1 aliphatic carbocycles. The first-order chi connectivity index (χ1) is 23.3. The zero-order valence-electron chi connectivity index (χ0n) is 29.6. The molecule has 0 amide bonds. The van der Waals surface area contributed by atoms with Crippen LogP contribution in [0.5, 0.6) is 5.75 Å². The number of benzene rings is 3. The van der Waals surface area contributed by atoms with Crippen molar-refractivity contribution in [3.05, 3.63) is 94.6 Å². The molecule has 3 aromatic carbocycles. The number of thioether (sulfide) groups is 1. The van der Waals surface area contributed by atoms with E-state index >= 15 is 0 Å². The van der Waals surface area contributed by atoms with Crippen molar-refractivity contribution in [2.75, 3.05) is 13.2 Å². The van der Waals surface area contributed by atoms with Crippen LogP contribution in [0.25, 0.3) is 10.9 Å². The van der Waals surface area contributed by atoms with Gasteiger partial charge >= 0.3 is 5.97 Å². The van der Waals surface area contributed by atoms with Gasteiger partial charge in [-0.2, -0.15) is 0 Å². The molecular formula is C41H49ClN2O4S. The lowest BCUT2D eigenvalue weighted by Crippen LogP contribution is -2.45. The summed E-state index contributed by atoms with van der Waals surface area (Å²) in [4.78, 5) is 28.5. The molecule has 2 fully saturated rings. The highest BCUT2D eigenvalue weighted by molar-refractivity contribution is 8.00. The zero-order chi connectivity index (χ0) is 34.9. The average molecular weight is 701 g/mol. The summed E-state index contributed by atoms with van der Waals surface area (Å²) in [6.07, 6.45) is 2.75. The summed E-state index contributed by atoms with van der Waals surface area (Å²) in [7, 11) is 0. The summed E-state index contributed by atoms with van der Waals surface area (Å²) in [5.41, 5.74) is 3.72. The van der Waals surface area contributed by atoms with Crippen molar-refractivity contribution in [1.82, 2.24) is 9.88 Å². The Labute approximate surface area is 300 Å². The second kappa shape index (κ2) is 14.5. The molecule has 2 heterocycles. The summed E-state index contributed by atoms with van der Waals surface area (Å²) in [5, 5.41) is 5.31. The largest absolute Gasteiger partial charge is 0.481 e. The maximum Gasteiger partial charge on any atom is 0.311 e. The third-order valence-electron chi connectivity index (χ3n) is 9.58. The van der Waals surface area contributed by atoms with Crippen LogP contribution in [0.3, 0.4) is 0 Å². The summed E-state index contributed by atoms with van der Waals surface area (Å²) >= 11 is 8.06. The molecule has 1 aliphatic heterocycles. The monoisotopic (exact) mass is 700 g/mol. The molecule has 260 valence electrons. The lowest BCUT2D eigenvalue weighted by atomic mass is 9.87. The van der Waals surface area contributed by atoms with Crippen molar-refractivity contribution in [3.8, 4) is 5.75 Å². The smallest absolute Gasteiger partial charge is 0.311 e. The minimum Gasteiger partial charge on any atom is -0.481 e. The van der Waals surface area contributed by atoms with Gasteiger partial charge in [-0.25, -0.2) is 0 Å². The fourth-order valence-corrected chi connectivity index (χ4v) is 8.35. The standard InChI is InChI=1S/C41H49ClN2O4S/c1-7-47-39(46)41(5,6)24-35-38(49-40(2,3)4)32-22-29(19-20-34(32)44(35)25-26-15-17-28(42)18-16-26)48-37(33-14-11-21-43-33)36(45)31-23-30(31)27-12-9-8-10-13-27/h8-10,12-13,15-20,22,30-31,33,37,43H,7,11,14,21,23-25H2,1-6H3/t30?,31-,33?,37?/m0/s1. The van der Waals surface area contributed by atoms with Crippen LogP contribution >= 0.6 is 23.4 Å². The Balaban J connectivity index is 1.41. The first kappa shape index (κ1) is 35.6. The highest BCUT2D eigenvalue weighted by Gasteiger charge is 2.49. The summed E-state index contributed by atoms with van der Waals surface area (Å²) < 4.78 is 14.5. The normalized spacial score (nSPS) is 19.9. The van der Waals surface area contributed by atoms with Crippen molar-refractivity contribution >= 4 is 46.0 Å². The van der Waals surface area contributed by atoms with Crippen LogP contribution in [-0.4, -0.2) is 46.4 Å². The second-order valence-electron chi connectivity index (χ2n) is 15.2. The van der Waals surface area contributed by atoms with E-state index in [2.05, 4.69) is 54.9 Å². The van der Waals surface area contributed by atoms with Gasteiger partial charge in [0.05, 0.1) is 18.1 Å². The molecule has 1 aromatic heterocycles. The van der Waals surface area contributed by atoms with Crippen LogP contribution in [-0.2, 0) is 27.3 Å². The molecule has 3 unspecified atom stereocenters. The van der Waals surface area contributed by atoms with E-state index in [4.69, 9.17) is 21.1 Å². The van der Waals surface area contributed by atoms with Gasteiger partial charge in [-0.3, -0.25) is 9.59 Å². The van der Waals surface area contributed by atoms with Crippen LogP contribution < -0.4 is 10.1 Å². The van der Waals surface area contributed by atoms with Crippen molar-refractivity contribution in [3.63, 3.8) is 0 Å². The molecule has 4 aromatic rings. The van der Waals surface area contributed by atoms with Crippen molar-refractivity contribution < 1.29 is 19.1 Å². The number of hydrogen-bond donors (Lipinski definition) is 1. The Bertz CT molecular complexity index is 1790. The van der Waals surface area contributed by atoms with Gasteiger partial charge in [0, 0.05) is 50.1 Å². The van der Waals surface area contributed by atoms with Crippen LogP contribution in [0.2, 0.25) is 5.02 Å². The van der Waals surface area contributed by atoms with Crippen LogP contribution in [0.15, 0.2) is 77.7 Å². The topological polar surface area (TPSA) is 69.6 Å². The Hall–Kier alpha value is -3.26. The van der Waals surface area contributed by atoms with Gasteiger partial charge in [-0.15, -0.1) is 11.8 Å². The molecule has 1 saturated carbocycles. The minimum atomic E-state index is -0.750. The lowest BCUT2D eigenvalue weighted by Gasteiger charge is -2.26. The number of ether oxygens (including phenoxy) is 2. The van der Waals surface area contributed by atoms with Crippen LogP contribution in [0, 0.1) is 11.3 Å². The summed E-state index contributed by atoms with van der Waals surface area (Å²) in [6, 6.07) is 24.5. The number of ketones is 1. The highest BCUT2D eigenvalue weighted by atomic mass is 35.5. The van der Waals surface area contributed by atoms with Crippen molar-refractivity contribution in [2.45, 2.75) is 101 Å². The molecule has 0 bridgehead atoms. The van der Waals surface area contributed by atoms with Gasteiger partial charge in [0.15, 0.2) is 11.9 Å². The van der Waals surface area contributed by atoms with Crippen LogP contribution in [0.1, 0.15) is 83.5 Å². The molecule has 49 heavy (non-hydrogen) atoms. The molecule has 0 spiro atoms. The number of hydrogen-bond acceptors (Lipinski definition) is 6. The number of carbonyl (C=O) groups excluding carboxylic acids is 2. The first-order valence-corrected chi connectivity index (χ1v) is 18.8. The quantitative estimate of drug-likeness (QED) is 0.111. The van der Waals surface area contributed by atoms with E-state index in [0.29, 0.717) is 30.3 Å². The number of Topliss-reactive ketones (excluding diaryl/α,β-unsaturated/α-hetero) is 1. The molecular weight excluding hydrogens is 652 g/mol. The predicted octanol–water partition coefficient (Wildman–Crippen LogP) is 9.24. The van der Waals surface area contributed by atoms with Gasteiger partial charge in [0.1, 0.15) is 5.75 Å². The fraction of sp³-hybridized carbons (Fsp3) is 0.463. The number of rotatable bonds is 13. The number of esters is 1. The molecule has 8 heteroatoms. The van der Waals surface area contributed by atoms with E-state index in [9.17, 15) is 9.59 Å². The van der Waals surface area contributed by atoms with Gasteiger partial charge in [-0.05, 0) is 94.0 Å². The van der Waals surface area contributed by atoms with Gasteiger partial charge in [-0.1, -0.05) is 74.8 Å². The maximum absolute atomic E-state index is 14.1. The molecule has 4 atom stereocenters. The zero-order valence-corrected chi connectivity index (χ0v) is 31.1. The number of fused-ring (bicyclic) bond motifs is 1. The number of carbonyl (C=O) groups is 2. The van der Waals surface area contributed by atoms with Gasteiger partial charge < -0.3 is 19.4 Å². The van der Waals surface area contributed by atoms with E-state index in [-0.39, 0.29) is 34.4 Å². The third-order valence-corrected chi connectivity index (χ3v) is 11.1. The summed E-state index contributed by atoms with van der Waals surface area (Å²) in [5.74, 6) is 0.892. The lowest BCUT2D eigenvalue weighted by molar-refractivity contribution is -0.153. The Kier molecular flexibility index (Phi) is 10.5. The summed E-state index contributed by atoms with van der Waals surface area (Å²) in [6.45, 7) is 14.2. The van der Waals surface area contributed by atoms with E-state index in [1.807, 2.05) is 69.3 Å². The number of halogens is 1. The highest BCUT2D eigenvalue weighted by Crippen LogP contribution is 2.49. The second-order valence-corrected chi connectivity index (χ2v) is 17.4. The average Bonchev–Trinajstić information content (AvgIpc) is 3.60. The minimum absolute atomic E-state index is 0.0147. The molecule has 6 rings (SSSR count). The molecule has 0 radical (unpaired) electrons. The number of nitrogens with one attached hydrogen (secondary N) is 1. The fourth-order valence-electron chi connectivity index (χ4n) is 7.04. The van der Waals surface area contributed by atoms with Crippen molar-refractivity contribution in [2.24, 2.45) is 11.3 Å². The van der Waals surface area contributed by atoms with E-state index in [1.54, 1.807) is 11.8 Å². The van der Waals surface area contributed by atoms with Gasteiger partial charge in [0.2, 0.25) is 0 Å². The third kappa shape index (κ3) is 8.22. The Morgan fingerprint density at radius 2 is 1.76 bits per heavy atom. The molecule has 1 N–H and O–H groups in total. The van der Waals surface area contributed by atoms with Gasteiger partial charge in [0.25, 0.3) is 0 Å². The Morgan fingerprint density at radius 1 is 1.02 bits per heavy atom. The first-order valence-electron chi connectivity index (χ1n) is 17.6. The van der Waals surface area contributed by atoms with E-state index in [1.165, 1.54) is 5.56 Å². The van der Waals surface area contributed by atoms with Crippen LogP contribution in [0.4, 0.5) is 0 Å². The molecule has 6 nitrogen and oxygen atoms in total. The van der Waals surface area contributed by atoms with Crippen molar-refractivity contribution in [1.29, 1.82) is 0 Å².